The number of rotatable bonds is 4. The number of hydrogen-bond acceptors (Lipinski definition) is 3. The molecule has 1 aromatic heterocycles. The van der Waals surface area contributed by atoms with E-state index < -0.39 is 0 Å². The number of imidazole rings is 1. The molecule has 0 fully saturated rings. The summed E-state index contributed by atoms with van der Waals surface area (Å²) in [7, 11) is 0. The van der Waals surface area contributed by atoms with Gasteiger partial charge in [0.05, 0.1) is 11.0 Å². The Morgan fingerprint density at radius 3 is 2.71 bits per heavy atom. The first kappa shape index (κ1) is 14.2. The van der Waals surface area contributed by atoms with Crippen LogP contribution in [0, 0.1) is 13.8 Å². The number of benzene rings is 2. The summed E-state index contributed by atoms with van der Waals surface area (Å²) in [5, 5.41) is 0.926. The molecule has 4 heteroatoms. The molecule has 0 saturated carbocycles. The highest BCUT2D eigenvalue weighted by molar-refractivity contribution is 7.99. The zero-order valence-electron chi connectivity index (χ0n) is 12.3. The lowest BCUT2D eigenvalue weighted by Crippen LogP contribution is -2.13. The van der Waals surface area contributed by atoms with Crippen LogP contribution in [0.3, 0.4) is 0 Å². The summed E-state index contributed by atoms with van der Waals surface area (Å²) in [6.45, 7) is 4.24. The van der Waals surface area contributed by atoms with E-state index in [1.165, 1.54) is 16.7 Å². The van der Waals surface area contributed by atoms with Gasteiger partial charge in [0.2, 0.25) is 0 Å². The molecule has 0 aliphatic heterocycles. The van der Waals surface area contributed by atoms with Gasteiger partial charge in [0, 0.05) is 11.8 Å². The van der Waals surface area contributed by atoms with Crippen LogP contribution in [-0.4, -0.2) is 15.7 Å². The van der Waals surface area contributed by atoms with E-state index >= 15 is 0 Å². The summed E-state index contributed by atoms with van der Waals surface area (Å²) >= 11 is 1.67. The van der Waals surface area contributed by atoms with Gasteiger partial charge in [0.25, 0.3) is 0 Å². The Kier molecular flexibility index (Phi) is 3.99. The van der Waals surface area contributed by atoms with Crippen LogP contribution in [0.2, 0.25) is 0 Å². The average Bonchev–Trinajstić information content (AvgIpc) is 2.90. The number of nitrogens with zero attached hydrogens (tertiary/aromatic N) is 1. The van der Waals surface area contributed by atoms with Gasteiger partial charge in [0.1, 0.15) is 0 Å². The first-order valence-electron chi connectivity index (χ1n) is 7.04. The van der Waals surface area contributed by atoms with Gasteiger partial charge in [0.15, 0.2) is 5.16 Å². The lowest BCUT2D eigenvalue weighted by molar-refractivity contribution is 0.826. The van der Waals surface area contributed by atoms with Crippen molar-refractivity contribution >= 4 is 22.8 Å². The van der Waals surface area contributed by atoms with Gasteiger partial charge in [-0.25, -0.2) is 4.98 Å². The molecule has 2 aromatic carbocycles. The minimum absolute atomic E-state index is 0.0162. The molecule has 3 nitrogen and oxygen atoms in total. The van der Waals surface area contributed by atoms with Crippen LogP contribution in [0.1, 0.15) is 22.7 Å². The van der Waals surface area contributed by atoms with Crippen molar-refractivity contribution in [1.82, 2.24) is 9.97 Å². The van der Waals surface area contributed by atoms with Crippen molar-refractivity contribution in [1.29, 1.82) is 0 Å². The van der Waals surface area contributed by atoms with E-state index in [4.69, 9.17) is 5.73 Å². The number of para-hydroxylation sites is 2. The maximum absolute atomic E-state index is 6.29. The van der Waals surface area contributed by atoms with E-state index in [0.717, 1.165) is 21.9 Å². The summed E-state index contributed by atoms with van der Waals surface area (Å²) in [5.41, 5.74) is 12.1. The maximum Gasteiger partial charge on any atom is 0.166 e. The first-order chi connectivity index (χ1) is 10.1. The van der Waals surface area contributed by atoms with E-state index in [1.54, 1.807) is 11.8 Å². The van der Waals surface area contributed by atoms with Crippen molar-refractivity contribution < 1.29 is 0 Å². The summed E-state index contributed by atoms with van der Waals surface area (Å²) < 4.78 is 0. The zero-order chi connectivity index (χ0) is 14.8. The molecule has 0 bridgehead atoms. The third kappa shape index (κ3) is 3.12. The molecule has 0 spiro atoms. The van der Waals surface area contributed by atoms with Crippen molar-refractivity contribution in [3.05, 3.63) is 59.2 Å². The van der Waals surface area contributed by atoms with Crippen LogP contribution >= 0.6 is 11.8 Å². The van der Waals surface area contributed by atoms with Crippen LogP contribution in [0.15, 0.2) is 47.6 Å². The van der Waals surface area contributed by atoms with Gasteiger partial charge in [-0.3, -0.25) is 0 Å². The summed E-state index contributed by atoms with van der Waals surface area (Å²) in [6, 6.07) is 14.5. The fourth-order valence-electron chi connectivity index (χ4n) is 2.26. The van der Waals surface area contributed by atoms with Crippen molar-refractivity contribution in [3.63, 3.8) is 0 Å². The molecular formula is C17H19N3S. The number of aromatic nitrogens is 2. The quantitative estimate of drug-likeness (QED) is 0.716. The van der Waals surface area contributed by atoms with Gasteiger partial charge in [-0.15, -0.1) is 0 Å². The molecule has 1 unspecified atom stereocenters. The zero-order valence-corrected chi connectivity index (χ0v) is 13.1. The number of H-pyrrole nitrogens is 1. The number of aryl methyl sites for hydroxylation is 2. The van der Waals surface area contributed by atoms with E-state index in [1.807, 2.05) is 24.3 Å². The molecule has 21 heavy (non-hydrogen) atoms. The second-order valence-corrected chi connectivity index (χ2v) is 6.33. The standard InChI is InChI=1S/C17H19N3S/c1-11-7-8-13(9-12(11)2)14(18)10-21-17-19-15-5-3-4-6-16(15)20-17/h3-9,14H,10,18H2,1-2H3,(H,19,20). The lowest BCUT2D eigenvalue weighted by Gasteiger charge is -2.12. The van der Waals surface area contributed by atoms with E-state index in [-0.39, 0.29) is 6.04 Å². The van der Waals surface area contributed by atoms with Crippen LogP contribution in [0.4, 0.5) is 0 Å². The van der Waals surface area contributed by atoms with Crippen LogP contribution in [-0.2, 0) is 0 Å². The number of fused-ring (bicyclic) bond motifs is 1. The molecule has 0 aliphatic carbocycles. The highest BCUT2D eigenvalue weighted by Gasteiger charge is 2.10. The summed E-state index contributed by atoms with van der Waals surface area (Å²) in [4.78, 5) is 7.88. The largest absolute Gasteiger partial charge is 0.333 e. The van der Waals surface area contributed by atoms with Crippen molar-refractivity contribution in [2.75, 3.05) is 5.75 Å². The summed E-state index contributed by atoms with van der Waals surface area (Å²) in [6.07, 6.45) is 0. The van der Waals surface area contributed by atoms with Gasteiger partial charge < -0.3 is 10.7 Å². The smallest absolute Gasteiger partial charge is 0.166 e. The normalized spacial score (nSPS) is 12.7. The minimum atomic E-state index is 0.0162. The summed E-state index contributed by atoms with van der Waals surface area (Å²) in [5.74, 6) is 0.808. The molecule has 1 heterocycles. The number of thioether (sulfide) groups is 1. The number of nitrogens with one attached hydrogen (secondary N) is 1. The highest BCUT2D eigenvalue weighted by Crippen LogP contribution is 2.24. The van der Waals surface area contributed by atoms with Gasteiger partial charge >= 0.3 is 0 Å². The Labute approximate surface area is 129 Å². The van der Waals surface area contributed by atoms with Crippen molar-refractivity contribution in [3.8, 4) is 0 Å². The van der Waals surface area contributed by atoms with Crippen molar-refractivity contribution in [2.24, 2.45) is 5.73 Å². The second kappa shape index (κ2) is 5.92. The lowest BCUT2D eigenvalue weighted by atomic mass is 10.0. The molecule has 108 valence electrons. The first-order valence-corrected chi connectivity index (χ1v) is 8.02. The Morgan fingerprint density at radius 2 is 1.95 bits per heavy atom. The minimum Gasteiger partial charge on any atom is -0.333 e. The molecule has 3 aromatic rings. The fourth-order valence-corrected chi connectivity index (χ4v) is 3.13. The Bertz CT molecular complexity index is 731. The highest BCUT2D eigenvalue weighted by atomic mass is 32.2. The maximum atomic E-state index is 6.29. The number of nitrogens with two attached hydrogens (primary N) is 1. The van der Waals surface area contributed by atoms with Crippen LogP contribution < -0.4 is 5.73 Å². The monoisotopic (exact) mass is 297 g/mol. The molecule has 0 amide bonds. The van der Waals surface area contributed by atoms with E-state index in [2.05, 4.69) is 42.0 Å². The molecule has 3 rings (SSSR count). The second-order valence-electron chi connectivity index (χ2n) is 5.32. The van der Waals surface area contributed by atoms with Gasteiger partial charge in [-0.2, -0.15) is 0 Å². The molecule has 0 aliphatic rings. The fraction of sp³-hybridized carbons (Fsp3) is 0.235. The predicted molar refractivity (Wildman–Crippen MR) is 89.7 cm³/mol. The van der Waals surface area contributed by atoms with Crippen LogP contribution in [0.5, 0.6) is 0 Å². The number of aromatic amines is 1. The third-order valence-electron chi connectivity index (χ3n) is 3.73. The predicted octanol–water partition coefficient (Wildman–Crippen LogP) is 3.97. The van der Waals surface area contributed by atoms with Crippen molar-refractivity contribution in [2.45, 2.75) is 25.0 Å². The molecule has 0 radical (unpaired) electrons. The van der Waals surface area contributed by atoms with E-state index in [9.17, 15) is 0 Å². The SMILES string of the molecule is Cc1ccc(C(N)CSc2nc3ccccc3[nH]2)cc1C. The molecule has 0 saturated heterocycles. The Hall–Kier alpha value is -1.78. The van der Waals surface area contributed by atoms with Crippen LogP contribution in [0.25, 0.3) is 11.0 Å². The number of hydrogen-bond donors (Lipinski definition) is 2. The topological polar surface area (TPSA) is 54.7 Å². The average molecular weight is 297 g/mol. The third-order valence-corrected chi connectivity index (χ3v) is 4.72. The van der Waals surface area contributed by atoms with E-state index in [0.29, 0.717) is 0 Å². The van der Waals surface area contributed by atoms with Gasteiger partial charge in [-0.1, -0.05) is 42.1 Å². The van der Waals surface area contributed by atoms with Gasteiger partial charge in [-0.05, 0) is 42.7 Å². The molecular weight excluding hydrogens is 278 g/mol. The Balaban J connectivity index is 1.70. The Morgan fingerprint density at radius 1 is 1.14 bits per heavy atom. The molecule has 3 N–H and O–H groups in total. The molecule has 1 atom stereocenters.